The highest BCUT2D eigenvalue weighted by Gasteiger charge is 2.26. The fourth-order valence-electron chi connectivity index (χ4n) is 1.04. The van der Waals surface area contributed by atoms with E-state index in [0.717, 1.165) is 0 Å². The van der Waals surface area contributed by atoms with Crippen molar-refractivity contribution in [1.82, 2.24) is 4.98 Å². The van der Waals surface area contributed by atoms with Crippen molar-refractivity contribution in [2.24, 2.45) is 5.73 Å². The summed E-state index contributed by atoms with van der Waals surface area (Å²) in [5.74, 6) is -1.58. The number of nitrogens with two attached hydrogens (primary N) is 1. The average Bonchev–Trinajstić information content (AvgIpc) is 2.17. The first-order valence-electron chi connectivity index (χ1n) is 4.61. The summed E-state index contributed by atoms with van der Waals surface area (Å²) in [7, 11) is 0. The third kappa shape index (κ3) is 2.47. The van der Waals surface area contributed by atoms with E-state index in [1.54, 1.807) is 13.8 Å². The van der Waals surface area contributed by atoms with Gasteiger partial charge in [0.05, 0.1) is 0 Å². The summed E-state index contributed by atoms with van der Waals surface area (Å²) in [4.78, 5) is 25.8. The fraction of sp³-hybridized carbons (Fsp3) is 0.300. The molecule has 0 saturated heterocycles. The summed E-state index contributed by atoms with van der Waals surface area (Å²) in [6.45, 7) is 3.10. The molecule has 0 unspecified atom stereocenters. The Balaban J connectivity index is 3.06. The number of carbonyl (C=O) groups excluding carboxylic acids is 1. The zero-order chi connectivity index (χ0) is 12.3. The number of aromatic carboxylic acids is 1. The van der Waals surface area contributed by atoms with E-state index in [1.807, 2.05) is 0 Å². The number of carboxylic acid groups (broad SMARTS) is 1. The summed E-state index contributed by atoms with van der Waals surface area (Å²) in [5.41, 5.74) is 4.11. The number of amides is 1. The molecular weight excluding hydrogens is 210 g/mol. The Morgan fingerprint density at radius 2 is 2.12 bits per heavy atom. The molecule has 1 heterocycles. The number of nitrogens with zero attached hydrogens (tertiary/aromatic N) is 1. The van der Waals surface area contributed by atoms with Crippen molar-refractivity contribution in [1.29, 1.82) is 0 Å². The molecular formula is C10H13N3O3. The second kappa shape index (κ2) is 4.18. The van der Waals surface area contributed by atoms with Crippen molar-refractivity contribution < 1.29 is 14.7 Å². The minimum Gasteiger partial charge on any atom is -0.478 e. The third-order valence-electron chi connectivity index (χ3n) is 2.09. The standard InChI is InChI=1S/C10H13N3O3/c1-10(2,9(11)16)13-7-6(8(14)15)4-3-5-12-7/h3-5H,1-2H3,(H2,11,16)(H,12,13)(H,14,15). The zero-order valence-corrected chi connectivity index (χ0v) is 9.02. The van der Waals surface area contributed by atoms with Crippen molar-refractivity contribution in [2.75, 3.05) is 5.32 Å². The number of hydrogen-bond donors (Lipinski definition) is 3. The summed E-state index contributed by atoms with van der Waals surface area (Å²) in [6.07, 6.45) is 1.44. The highest BCUT2D eigenvalue weighted by Crippen LogP contribution is 2.16. The van der Waals surface area contributed by atoms with Crippen LogP contribution in [0.2, 0.25) is 0 Å². The number of pyridine rings is 1. The van der Waals surface area contributed by atoms with Gasteiger partial charge in [-0.25, -0.2) is 9.78 Å². The number of anilines is 1. The lowest BCUT2D eigenvalue weighted by atomic mass is 10.0. The maximum atomic E-state index is 11.1. The van der Waals surface area contributed by atoms with Gasteiger partial charge in [0.15, 0.2) is 0 Å². The first-order chi connectivity index (χ1) is 7.34. The van der Waals surface area contributed by atoms with Crippen LogP contribution >= 0.6 is 0 Å². The Morgan fingerprint density at radius 1 is 1.50 bits per heavy atom. The van der Waals surface area contributed by atoms with Gasteiger partial charge in [-0.15, -0.1) is 0 Å². The first-order valence-corrected chi connectivity index (χ1v) is 4.61. The number of primary amides is 1. The predicted molar refractivity (Wildman–Crippen MR) is 58.1 cm³/mol. The molecule has 0 saturated carbocycles. The number of hydrogen-bond acceptors (Lipinski definition) is 4. The summed E-state index contributed by atoms with van der Waals surface area (Å²) in [6, 6.07) is 2.90. The molecule has 1 aromatic heterocycles. The van der Waals surface area contributed by atoms with Gasteiger partial charge in [-0.1, -0.05) is 0 Å². The summed E-state index contributed by atoms with van der Waals surface area (Å²) >= 11 is 0. The summed E-state index contributed by atoms with van der Waals surface area (Å²) < 4.78 is 0. The number of rotatable bonds is 4. The van der Waals surface area contributed by atoms with Crippen molar-refractivity contribution in [2.45, 2.75) is 19.4 Å². The smallest absolute Gasteiger partial charge is 0.339 e. The lowest BCUT2D eigenvalue weighted by Gasteiger charge is -2.23. The minimum atomic E-state index is -1.11. The van der Waals surface area contributed by atoms with Gasteiger partial charge in [-0.3, -0.25) is 4.79 Å². The van der Waals surface area contributed by atoms with E-state index >= 15 is 0 Å². The first kappa shape index (κ1) is 12.0. The van der Waals surface area contributed by atoms with E-state index in [1.165, 1.54) is 18.3 Å². The van der Waals surface area contributed by atoms with Gasteiger partial charge in [-0.05, 0) is 26.0 Å². The Morgan fingerprint density at radius 3 is 2.62 bits per heavy atom. The van der Waals surface area contributed by atoms with Crippen LogP contribution in [0.5, 0.6) is 0 Å². The van der Waals surface area contributed by atoms with Crippen LogP contribution in [0.4, 0.5) is 5.82 Å². The molecule has 0 radical (unpaired) electrons. The highest BCUT2D eigenvalue weighted by molar-refractivity contribution is 5.95. The molecule has 0 aliphatic rings. The number of carbonyl (C=O) groups is 2. The minimum absolute atomic E-state index is 0.00294. The van der Waals surface area contributed by atoms with E-state index in [9.17, 15) is 9.59 Å². The molecule has 0 bridgehead atoms. The molecule has 1 aromatic rings. The van der Waals surface area contributed by atoms with Crippen molar-refractivity contribution in [3.8, 4) is 0 Å². The SMILES string of the molecule is CC(C)(Nc1ncccc1C(=O)O)C(N)=O. The van der Waals surface area contributed by atoms with Crippen LogP contribution in [0, 0.1) is 0 Å². The van der Waals surface area contributed by atoms with E-state index < -0.39 is 17.4 Å². The molecule has 16 heavy (non-hydrogen) atoms. The van der Waals surface area contributed by atoms with Crippen LogP contribution < -0.4 is 11.1 Å². The topological polar surface area (TPSA) is 105 Å². The average molecular weight is 223 g/mol. The van der Waals surface area contributed by atoms with Crippen LogP contribution in [-0.4, -0.2) is 27.5 Å². The molecule has 4 N–H and O–H groups in total. The Labute approximate surface area is 92.5 Å². The highest BCUT2D eigenvalue weighted by atomic mass is 16.4. The number of carboxylic acids is 1. The van der Waals surface area contributed by atoms with E-state index in [0.29, 0.717) is 0 Å². The third-order valence-corrected chi connectivity index (χ3v) is 2.09. The quantitative estimate of drug-likeness (QED) is 0.687. The molecule has 6 heteroatoms. The number of nitrogens with one attached hydrogen (secondary N) is 1. The molecule has 0 aromatic carbocycles. The van der Waals surface area contributed by atoms with Crippen molar-refractivity contribution in [3.63, 3.8) is 0 Å². The van der Waals surface area contributed by atoms with Gasteiger partial charge in [-0.2, -0.15) is 0 Å². The van der Waals surface area contributed by atoms with Crippen LogP contribution in [0.25, 0.3) is 0 Å². The molecule has 6 nitrogen and oxygen atoms in total. The molecule has 0 atom stereocenters. The lowest BCUT2D eigenvalue weighted by Crippen LogP contribution is -2.45. The van der Waals surface area contributed by atoms with E-state index in [4.69, 9.17) is 10.8 Å². The van der Waals surface area contributed by atoms with Gasteiger partial charge in [0.25, 0.3) is 0 Å². The van der Waals surface area contributed by atoms with Crippen LogP contribution in [0.15, 0.2) is 18.3 Å². The maximum absolute atomic E-state index is 11.1. The zero-order valence-electron chi connectivity index (χ0n) is 9.02. The molecule has 1 amide bonds. The molecule has 0 spiro atoms. The molecule has 86 valence electrons. The lowest BCUT2D eigenvalue weighted by molar-refractivity contribution is -0.121. The summed E-state index contributed by atoms with van der Waals surface area (Å²) in [5, 5.41) is 11.6. The second-order valence-corrected chi connectivity index (χ2v) is 3.82. The normalized spacial score (nSPS) is 10.9. The van der Waals surface area contributed by atoms with Gasteiger partial charge in [0.1, 0.15) is 16.9 Å². The van der Waals surface area contributed by atoms with E-state index in [2.05, 4.69) is 10.3 Å². The Kier molecular flexibility index (Phi) is 3.12. The van der Waals surface area contributed by atoms with Crippen molar-refractivity contribution >= 4 is 17.7 Å². The monoisotopic (exact) mass is 223 g/mol. The van der Waals surface area contributed by atoms with Crippen LogP contribution in [0.1, 0.15) is 24.2 Å². The predicted octanol–water partition coefficient (Wildman–Crippen LogP) is 0.456. The van der Waals surface area contributed by atoms with Crippen molar-refractivity contribution in [3.05, 3.63) is 23.9 Å². The molecule has 0 aliphatic carbocycles. The maximum Gasteiger partial charge on any atom is 0.339 e. The fourth-order valence-corrected chi connectivity index (χ4v) is 1.04. The Hall–Kier alpha value is -2.11. The van der Waals surface area contributed by atoms with Gasteiger partial charge in [0, 0.05) is 6.20 Å². The largest absolute Gasteiger partial charge is 0.478 e. The molecule has 0 aliphatic heterocycles. The second-order valence-electron chi connectivity index (χ2n) is 3.82. The van der Waals surface area contributed by atoms with Crippen LogP contribution in [-0.2, 0) is 4.79 Å². The van der Waals surface area contributed by atoms with Crippen LogP contribution in [0.3, 0.4) is 0 Å². The molecule has 1 rings (SSSR count). The number of aromatic nitrogens is 1. The Bertz CT molecular complexity index is 429. The van der Waals surface area contributed by atoms with Gasteiger partial charge < -0.3 is 16.2 Å². The van der Waals surface area contributed by atoms with Gasteiger partial charge in [0.2, 0.25) is 5.91 Å². The van der Waals surface area contributed by atoms with E-state index in [-0.39, 0.29) is 11.4 Å². The van der Waals surface area contributed by atoms with Gasteiger partial charge >= 0.3 is 5.97 Å². The molecule has 0 fully saturated rings.